The van der Waals surface area contributed by atoms with E-state index >= 15 is 0 Å². The number of hydrogen-bond donors (Lipinski definition) is 3. The van der Waals surface area contributed by atoms with Gasteiger partial charge in [-0.2, -0.15) is 0 Å². The third-order valence-electron chi connectivity index (χ3n) is 5.23. The van der Waals surface area contributed by atoms with Gasteiger partial charge in [-0.1, -0.05) is 25.1 Å². The lowest BCUT2D eigenvalue weighted by atomic mass is 10.0. The monoisotopic (exact) mass is 382 g/mol. The fourth-order valence-electron chi connectivity index (χ4n) is 4.04. The molecule has 0 bridgehead atoms. The van der Waals surface area contributed by atoms with Crippen molar-refractivity contribution in [1.29, 1.82) is 0 Å². The van der Waals surface area contributed by atoms with Gasteiger partial charge < -0.3 is 24.8 Å². The highest BCUT2D eigenvalue weighted by Gasteiger charge is 2.35. The quantitative estimate of drug-likeness (QED) is 0.627. The van der Waals surface area contributed by atoms with Crippen molar-refractivity contribution in [2.75, 3.05) is 19.0 Å². The van der Waals surface area contributed by atoms with E-state index in [0.717, 1.165) is 35.7 Å². The van der Waals surface area contributed by atoms with Crippen LogP contribution < -0.4 is 5.32 Å². The van der Waals surface area contributed by atoms with Gasteiger partial charge in [-0.15, -0.1) is 0 Å². The molecule has 2 aromatic heterocycles. The number of nitrogens with zero attached hydrogens (tertiary/aromatic N) is 3. The Kier molecular flexibility index (Phi) is 4.84. The molecule has 0 radical (unpaired) electrons. The second-order valence-electron chi connectivity index (χ2n) is 6.91. The number of aromatic nitrogens is 3. The Labute approximate surface area is 161 Å². The molecule has 8 nitrogen and oxygen atoms in total. The number of aliphatic hydroxyl groups excluding tert-OH is 2. The largest absolute Gasteiger partial charge is 0.400 e. The van der Waals surface area contributed by atoms with E-state index in [9.17, 15) is 9.90 Å². The Hall–Kier alpha value is -2.81. The number of ether oxygens (including phenoxy) is 1. The van der Waals surface area contributed by atoms with Gasteiger partial charge in [0.1, 0.15) is 24.0 Å². The maximum Gasteiger partial charge on any atom is 0.257 e. The van der Waals surface area contributed by atoms with Crippen LogP contribution in [-0.2, 0) is 4.74 Å². The van der Waals surface area contributed by atoms with Crippen LogP contribution in [0.5, 0.6) is 0 Å². The fraction of sp³-hybridized carbons (Fsp3) is 0.350. The van der Waals surface area contributed by atoms with Gasteiger partial charge in [-0.3, -0.25) is 4.79 Å². The number of anilines is 1. The summed E-state index contributed by atoms with van der Waals surface area (Å²) in [7, 11) is 1.00. The van der Waals surface area contributed by atoms with Crippen LogP contribution in [0.3, 0.4) is 0 Å². The average Bonchev–Trinajstić information content (AvgIpc) is 3.26. The van der Waals surface area contributed by atoms with E-state index in [2.05, 4.69) is 22.2 Å². The van der Waals surface area contributed by atoms with Crippen molar-refractivity contribution in [3.8, 4) is 11.1 Å². The van der Waals surface area contributed by atoms with E-state index in [1.165, 1.54) is 6.33 Å². The van der Waals surface area contributed by atoms with E-state index in [4.69, 9.17) is 9.84 Å². The zero-order chi connectivity index (χ0) is 19.8. The van der Waals surface area contributed by atoms with Gasteiger partial charge in [-0.25, -0.2) is 9.97 Å². The highest BCUT2D eigenvalue weighted by atomic mass is 16.5. The molecule has 4 heterocycles. The first kappa shape index (κ1) is 18.5. The van der Waals surface area contributed by atoms with Crippen LogP contribution in [-0.4, -0.2) is 50.5 Å². The molecule has 1 saturated heterocycles. The molecular weight excluding hydrogens is 360 g/mol. The van der Waals surface area contributed by atoms with Crippen molar-refractivity contribution < 1.29 is 19.7 Å². The SMILES string of the molecule is CO.C[C@H]1C[C@@H](CO)O[C@H]1n1cc2c3c(ncnc31)NC(=O)c1ccccc1-2. The van der Waals surface area contributed by atoms with Crippen molar-refractivity contribution in [2.45, 2.75) is 25.7 Å². The maximum atomic E-state index is 12.6. The summed E-state index contributed by atoms with van der Waals surface area (Å²) < 4.78 is 8.05. The Morgan fingerprint density at radius 3 is 2.68 bits per heavy atom. The molecule has 3 atom stereocenters. The third-order valence-corrected chi connectivity index (χ3v) is 5.23. The molecule has 3 N–H and O–H groups in total. The summed E-state index contributed by atoms with van der Waals surface area (Å²) in [5, 5.41) is 20.2. The molecule has 3 aromatic rings. The van der Waals surface area contributed by atoms with Gasteiger partial charge in [0, 0.05) is 30.4 Å². The molecular formula is C20H22N4O4. The highest BCUT2D eigenvalue weighted by molar-refractivity contribution is 6.17. The lowest BCUT2D eigenvalue weighted by Crippen LogP contribution is -2.16. The number of fused-ring (bicyclic) bond motifs is 2. The number of benzene rings is 1. The number of hydrogen-bond acceptors (Lipinski definition) is 6. The van der Waals surface area contributed by atoms with Crippen LogP contribution >= 0.6 is 0 Å². The molecule has 2 aliphatic rings. The summed E-state index contributed by atoms with van der Waals surface area (Å²) in [5.74, 6) is 0.574. The minimum atomic E-state index is -0.214. The minimum absolute atomic E-state index is 0.00598. The zero-order valence-corrected chi connectivity index (χ0v) is 15.7. The molecule has 1 aromatic carbocycles. The molecule has 2 aliphatic heterocycles. The first-order chi connectivity index (χ1) is 13.7. The number of carbonyl (C=O) groups is 1. The second-order valence-corrected chi connectivity index (χ2v) is 6.91. The van der Waals surface area contributed by atoms with Gasteiger partial charge in [0.2, 0.25) is 0 Å². The van der Waals surface area contributed by atoms with Crippen LogP contribution in [0.25, 0.3) is 22.2 Å². The molecule has 8 heteroatoms. The average molecular weight is 382 g/mol. The molecule has 28 heavy (non-hydrogen) atoms. The normalized spacial score (nSPS) is 22.9. The van der Waals surface area contributed by atoms with Crippen molar-refractivity contribution in [1.82, 2.24) is 14.5 Å². The van der Waals surface area contributed by atoms with E-state index in [1.807, 2.05) is 35.0 Å². The van der Waals surface area contributed by atoms with Crippen LogP contribution in [0, 0.1) is 5.92 Å². The summed E-state index contributed by atoms with van der Waals surface area (Å²) in [5.41, 5.74) is 3.09. The predicted molar refractivity (Wildman–Crippen MR) is 104 cm³/mol. The molecule has 0 saturated carbocycles. The van der Waals surface area contributed by atoms with Crippen LogP contribution in [0.2, 0.25) is 0 Å². The third kappa shape index (κ3) is 2.77. The summed E-state index contributed by atoms with van der Waals surface area (Å²) in [6.07, 6.45) is 3.85. The van der Waals surface area contributed by atoms with Crippen LogP contribution in [0.4, 0.5) is 5.82 Å². The number of carbonyl (C=O) groups excluding carboxylic acids is 1. The van der Waals surface area contributed by atoms with E-state index in [1.54, 1.807) is 0 Å². The van der Waals surface area contributed by atoms with Gasteiger partial charge in [0.25, 0.3) is 5.91 Å². The summed E-state index contributed by atoms with van der Waals surface area (Å²) >= 11 is 0. The second kappa shape index (κ2) is 7.31. The lowest BCUT2D eigenvalue weighted by Gasteiger charge is -2.18. The van der Waals surface area contributed by atoms with Gasteiger partial charge in [0.05, 0.1) is 18.1 Å². The van der Waals surface area contributed by atoms with Crippen LogP contribution in [0.1, 0.15) is 29.9 Å². The predicted octanol–water partition coefficient (Wildman–Crippen LogP) is 2.19. The first-order valence-corrected chi connectivity index (χ1v) is 9.14. The Morgan fingerprint density at radius 1 is 1.21 bits per heavy atom. The first-order valence-electron chi connectivity index (χ1n) is 9.14. The van der Waals surface area contributed by atoms with Gasteiger partial charge in [-0.05, 0) is 18.1 Å². The number of aliphatic hydroxyl groups is 2. The Morgan fingerprint density at radius 2 is 1.96 bits per heavy atom. The highest BCUT2D eigenvalue weighted by Crippen LogP contribution is 2.42. The van der Waals surface area contributed by atoms with Gasteiger partial charge in [0.15, 0.2) is 0 Å². The summed E-state index contributed by atoms with van der Waals surface area (Å²) in [6, 6.07) is 7.51. The summed E-state index contributed by atoms with van der Waals surface area (Å²) in [4.78, 5) is 21.3. The topological polar surface area (TPSA) is 110 Å². The number of amides is 1. The standard InChI is InChI=1S/C19H18N4O3.CH4O/c1-10-6-11(8-24)26-19(10)23-7-14-12-4-2-3-5-13(12)18(25)22-16-15(14)17(23)21-9-20-16;1-2/h2-5,7,9-11,19,24H,6,8H2,1H3,(H,20,21,22,25);2H,1H3/t10-,11-,19+;/m0./s1. The molecule has 0 unspecified atom stereocenters. The molecule has 1 fully saturated rings. The minimum Gasteiger partial charge on any atom is -0.400 e. The number of rotatable bonds is 2. The lowest BCUT2D eigenvalue weighted by molar-refractivity contribution is -0.0291. The van der Waals surface area contributed by atoms with Crippen molar-refractivity contribution in [3.63, 3.8) is 0 Å². The molecule has 0 spiro atoms. The van der Waals surface area contributed by atoms with Crippen molar-refractivity contribution in [2.24, 2.45) is 5.92 Å². The Bertz CT molecular complexity index is 1030. The smallest absolute Gasteiger partial charge is 0.257 e. The summed E-state index contributed by atoms with van der Waals surface area (Å²) in [6.45, 7) is 2.11. The zero-order valence-electron chi connectivity index (χ0n) is 15.7. The van der Waals surface area contributed by atoms with E-state index in [0.29, 0.717) is 11.4 Å². The van der Waals surface area contributed by atoms with Gasteiger partial charge >= 0.3 is 0 Å². The van der Waals surface area contributed by atoms with E-state index in [-0.39, 0.29) is 30.8 Å². The maximum absolute atomic E-state index is 12.6. The molecule has 5 rings (SSSR count). The number of nitrogens with one attached hydrogen (secondary N) is 1. The molecule has 146 valence electrons. The Balaban J connectivity index is 0.000000932. The fourth-order valence-corrected chi connectivity index (χ4v) is 4.04. The van der Waals surface area contributed by atoms with Crippen LogP contribution in [0.15, 0.2) is 36.8 Å². The van der Waals surface area contributed by atoms with Crippen molar-refractivity contribution in [3.05, 3.63) is 42.4 Å². The van der Waals surface area contributed by atoms with Crippen molar-refractivity contribution >= 4 is 22.8 Å². The molecule has 1 amide bonds. The molecule has 0 aliphatic carbocycles. The van der Waals surface area contributed by atoms with E-state index < -0.39 is 0 Å².